The maximum Gasteiger partial charge on any atom is 0.135 e. The van der Waals surface area contributed by atoms with Crippen LogP contribution in [0.25, 0.3) is 33.1 Å². The fraction of sp³-hybridized carbons (Fsp3) is 0.625. The Hall–Kier alpha value is -2.54. The molecular weight excluding hydrogens is 593 g/mol. The number of furan rings is 1. The lowest BCUT2D eigenvalue weighted by Gasteiger charge is -2.65. The van der Waals surface area contributed by atoms with Crippen molar-refractivity contribution >= 4 is 21.9 Å². The molecule has 0 spiro atoms. The fourth-order valence-corrected chi connectivity index (χ4v) is 15.5. The third kappa shape index (κ3) is 4.82. The van der Waals surface area contributed by atoms with Crippen molar-refractivity contribution in [2.24, 2.45) is 71.0 Å². The van der Waals surface area contributed by atoms with Crippen molar-refractivity contribution in [1.82, 2.24) is 0 Å². The maximum absolute atomic E-state index is 6.17. The zero-order chi connectivity index (χ0) is 32.1. The molecule has 1 heterocycles. The van der Waals surface area contributed by atoms with Crippen molar-refractivity contribution in [3.05, 3.63) is 72.3 Å². The highest BCUT2D eigenvalue weighted by atomic mass is 16.3. The summed E-state index contributed by atoms with van der Waals surface area (Å²) in [4.78, 5) is 0. The van der Waals surface area contributed by atoms with Crippen LogP contribution in [0.1, 0.15) is 121 Å². The molecule has 13 unspecified atom stereocenters. The fourth-order valence-electron chi connectivity index (χ4n) is 15.5. The molecule has 0 saturated heterocycles. The van der Waals surface area contributed by atoms with Crippen molar-refractivity contribution in [3.8, 4) is 11.1 Å². The van der Waals surface area contributed by atoms with Crippen LogP contribution < -0.4 is 0 Å². The van der Waals surface area contributed by atoms with E-state index >= 15 is 0 Å². The zero-order valence-electron chi connectivity index (χ0n) is 29.8. The monoisotopic (exact) mass is 650 g/mol. The quantitative estimate of drug-likeness (QED) is 0.210. The normalized spacial score (nSPS) is 41.5. The molecule has 7 aliphatic rings. The van der Waals surface area contributed by atoms with Gasteiger partial charge in [-0.2, -0.15) is 0 Å². The summed E-state index contributed by atoms with van der Waals surface area (Å²) in [6, 6.07) is 25.1. The number of hydrogen-bond donors (Lipinski definition) is 0. The van der Waals surface area contributed by atoms with E-state index in [1.165, 1.54) is 54.0 Å². The minimum Gasteiger partial charge on any atom is -0.456 e. The van der Waals surface area contributed by atoms with E-state index in [9.17, 15) is 0 Å². The standard InChI is InChI=1S/C48H58O/c1-3-14-35-33(12-1)34-13-2-4-15-36(34)43-28-45-39-22-20-31(25-41(39)37-16-5-6-17-38(37)44(45)27-42(35)43)29-10-9-11-30(24-29)32-21-23-48-46(26-32)40-18-7-8-19-47(40)49-48/h7-11,18-19,21,23-24,26,31,33-39,41-45H,1-6,12-17,20,22,25,27-28H2. The highest BCUT2D eigenvalue weighted by molar-refractivity contribution is 6.06. The molecule has 13 atom stereocenters. The molecule has 11 rings (SSSR count). The van der Waals surface area contributed by atoms with Crippen LogP contribution in [0.4, 0.5) is 0 Å². The summed E-state index contributed by atoms with van der Waals surface area (Å²) in [5, 5.41) is 2.47. The third-order valence-electron chi connectivity index (χ3n) is 17.1. The van der Waals surface area contributed by atoms with E-state index in [1.807, 2.05) is 0 Å². The van der Waals surface area contributed by atoms with Gasteiger partial charge >= 0.3 is 0 Å². The summed E-state index contributed by atoms with van der Waals surface area (Å²) in [6.07, 6.45) is 26.4. The number of benzene rings is 3. The zero-order valence-corrected chi connectivity index (χ0v) is 29.8. The van der Waals surface area contributed by atoms with Crippen molar-refractivity contribution < 1.29 is 4.42 Å². The van der Waals surface area contributed by atoms with Crippen molar-refractivity contribution in [1.29, 1.82) is 0 Å². The first-order valence-electron chi connectivity index (χ1n) is 21.3. The van der Waals surface area contributed by atoms with Crippen LogP contribution in [0.5, 0.6) is 0 Å². The van der Waals surface area contributed by atoms with Crippen LogP contribution in [-0.2, 0) is 0 Å². The van der Waals surface area contributed by atoms with Crippen LogP contribution in [0.2, 0.25) is 0 Å². The van der Waals surface area contributed by atoms with E-state index in [-0.39, 0.29) is 0 Å². The van der Waals surface area contributed by atoms with E-state index in [4.69, 9.17) is 4.42 Å². The summed E-state index contributed by atoms with van der Waals surface area (Å²) in [6.45, 7) is 0. The van der Waals surface area contributed by atoms with Crippen LogP contribution in [0.15, 0.2) is 71.1 Å². The molecule has 0 bridgehead atoms. The van der Waals surface area contributed by atoms with Crippen molar-refractivity contribution in [2.75, 3.05) is 0 Å². The summed E-state index contributed by atoms with van der Waals surface area (Å²) < 4.78 is 6.17. The van der Waals surface area contributed by atoms with E-state index in [0.717, 1.165) is 88.1 Å². The van der Waals surface area contributed by atoms with Gasteiger partial charge < -0.3 is 4.42 Å². The van der Waals surface area contributed by atoms with Gasteiger partial charge in [0.05, 0.1) is 0 Å². The summed E-state index contributed by atoms with van der Waals surface area (Å²) in [5.74, 6) is 13.5. The van der Waals surface area contributed by atoms with Gasteiger partial charge in [-0.1, -0.05) is 87.1 Å². The summed E-state index contributed by atoms with van der Waals surface area (Å²) in [5.41, 5.74) is 6.31. The Bertz CT molecular complexity index is 1830. The predicted molar refractivity (Wildman–Crippen MR) is 202 cm³/mol. The highest BCUT2D eigenvalue weighted by Crippen LogP contribution is 2.67. The minimum absolute atomic E-state index is 0.732. The van der Waals surface area contributed by atoms with E-state index in [2.05, 4.69) is 66.7 Å². The van der Waals surface area contributed by atoms with Gasteiger partial charge in [0.25, 0.3) is 0 Å². The maximum atomic E-state index is 6.17. The van der Waals surface area contributed by atoms with Gasteiger partial charge in [0.15, 0.2) is 0 Å². The molecule has 4 aromatic rings. The minimum atomic E-state index is 0.732. The van der Waals surface area contributed by atoms with E-state index in [0.29, 0.717) is 0 Å². The average Bonchev–Trinajstić information content (AvgIpc) is 3.55. The molecule has 7 saturated carbocycles. The van der Waals surface area contributed by atoms with Gasteiger partial charge in [-0.15, -0.1) is 0 Å². The number of rotatable bonds is 2. The second-order valence-electron chi connectivity index (χ2n) is 18.7. The molecule has 1 nitrogen and oxygen atoms in total. The average molecular weight is 651 g/mol. The van der Waals surface area contributed by atoms with Crippen LogP contribution in [0, 0.1) is 71.0 Å². The lowest BCUT2D eigenvalue weighted by molar-refractivity contribution is -0.155. The molecule has 256 valence electrons. The first kappa shape index (κ1) is 30.1. The first-order valence-corrected chi connectivity index (χ1v) is 21.3. The van der Waals surface area contributed by atoms with Crippen molar-refractivity contribution in [2.45, 2.75) is 115 Å². The lowest BCUT2D eigenvalue weighted by atomic mass is 9.40. The molecule has 0 N–H and O–H groups in total. The molecule has 0 amide bonds. The number of fused-ring (bicyclic) bond motifs is 15. The van der Waals surface area contributed by atoms with Gasteiger partial charge in [-0.3, -0.25) is 0 Å². The van der Waals surface area contributed by atoms with Crippen LogP contribution in [-0.4, -0.2) is 0 Å². The van der Waals surface area contributed by atoms with Gasteiger partial charge in [-0.25, -0.2) is 0 Å². The second kappa shape index (κ2) is 12.0. The molecule has 49 heavy (non-hydrogen) atoms. The molecule has 7 fully saturated rings. The topological polar surface area (TPSA) is 13.1 Å². The Morgan fingerprint density at radius 3 is 1.51 bits per heavy atom. The Kier molecular flexibility index (Phi) is 7.39. The summed E-state index contributed by atoms with van der Waals surface area (Å²) in [7, 11) is 0. The van der Waals surface area contributed by atoms with Crippen LogP contribution >= 0.6 is 0 Å². The second-order valence-corrected chi connectivity index (χ2v) is 18.7. The van der Waals surface area contributed by atoms with Gasteiger partial charge in [-0.05, 0) is 182 Å². The molecule has 1 aromatic heterocycles. The lowest BCUT2D eigenvalue weighted by Crippen LogP contribution is -2.57. The largest absolute Gasteiger partial charge is 0.456 e. The van der Waals surface area contributed by atoms with Gasteiger partial charge in [0.2, 0.25) is 0 Å². The molecule has 3 aromatic carbocycles. The molecule has 7 aliphatic carbocycles. The van der Waals surface area contributed by atoms with Crippen LogP contribution in [0.3, 0.4) is 0 Å². The predicted octanol–water partition coefficient (Wildman–Crippen LogP) is 13.5. The summed E-state index contributed by atoms with van der Waals surface area (Å²) >= 11 is 0. The van der Waals surface area contributed by atoms with Gasteiger partial charge in [0.1, 0.15) is 11.2 Å². The third-order valence-corrected chi connectivity index (χ3v) is 17.1. The van der Waals surface area contributed by atoms with E-state index < -0.39 is 0 Å². The van der Waals surface area contributed by atoms with Crippen molar-refractivity contribution in [3.63, 3.8) is 0 Å². The molecule has 0 radical (unpaired) electrons. The first-order chi connectivity index (χ1) is 24.3. The highest BCUT2D eigenvalue weighted by Gasteiger charge is 2.59. The Balaban J connectivity index is 0.887. The van der Waals surface area contributed by atoms with E-state index in [1.54, 1.807) is 82.6 Å². The Morgan fingerprint density at radius 2 is 0.878 bits per heavy atom. The Labute approximate surface area is 295 Å². The molecule has 1 heteroatoms. The molecule has 0 aliphatic heterocycles. The number of para-hydroxylation sites is 1. The SMILES string of the molecule is c1cc(-c2ccc3oc4ccccc4c3c2)cc(C2CCC3C(C2)C2CCCCC2C2CC4C5CCCCC5C5CCCCC5C4CC32)c1. The number of hydrogen-bond acceptors (Lipinski definition) is 1. The molecular formula is C48H58O. The van der Waals surface area contributed by atoms with Gasteiger partial charge in [0, 0.05) is 10.8 Å². The Morgan fingerprint density at radius 1 is 0.367 bits per heavy atom. The smallest absolute Gasteiger partial charge is 0.135 e.